The molecule has 24 heavy (non-hydrogen) atoms. The zero-order valence-electron chi connectivity index (χ0n) is 12.5. The third kappa shape index (κ3) is 2.04. The van der Waals surface area contributed by atoms with Crippen LogP contribution < -0.4 is 22.6 Å². The van der Waals surface area contributed by atoms with Gasteiger partial charge in [-0.1, -0.05) is 24.3 Å². The van der Waals surface area contributed by atoms with E-state index in [1.165, 1.54) is 0 Å². The van der Waals surface area contributed by atoms with Crippen molar-refractivity contribution in [3.05, 3.63) is 79.7 Å². The Kier molecular flexibility index (Phi) is 2.93. The van der Waals surface area contributed by atoms with Crippen molar-refractivity contribution in [1.29, 1.82) is 0 Å². The molecule has 4 rings (SSSR count). The zero-order valence-corrected chi connectivity index (χ0v) is 12.5. The van der Waals surface area contributed by atoms with Crippen LogP contribution in [0.1, 0.15) is 0 Å². The Hall–Kier alpha value is -3.54. The fourth-order valence-electron chi connectivity index (χ4n) is 2.78. The van der Waals surface area contributed by atoms with Gasteiger partial charge in [0, 0.05) is 22.5 Å². The number of rotatable bonds is 2. The van der Waals surface area contributed by atoms with Crippen LogP contribution in [0.5, 0.6) is 0 Å². The molecule has 0 fully saturated rings. The smallest absolute Gasteiger partial charge is 0.280 e. The second-order valence-electron chi connectivity index (χ2n) is 5.53. The molecule has 0 atom stereocenters. The van der Waals surface area contributed by atoms with E-state index in [-0.39, 0.29) is 10.4 Å². The van der Waals surface area contributed by atoms with Crippen molar-refractivity contribution >= 4 is 11.4 Å². The molecule has 2 aliphatic heterocycles. The van der Waals surface area contributed by atoms with E-state index < -0.39 is 11.1 Å². The van der Waals surface area contributed by atoms with Gasteiger partial charge < -0.3 is 11.5 Å². The first kappa shape index (κ1) is 14.1. The Bertz CT molecular complexity index is 1090. The molecule has 2 aromatic carbocycles. The first-order chi connectivity index (χ1) is 11.5. The minimum Gasteiger partial charge on any atom is -0.399 e. The molecule has 2 aromatic rings. The molecule has 0 aliphatic carbocycles. The molecule has 0 amide bonds. The van der Waals surface area contributed by atoms with Crippen molar-refractivity contribution in [3.63, 3.8) is 0 Å². The second kappa shape index (κ2) is 4.99. The van der Waals surface area contributed by atoms with Gasteiger partial charge in [0.1, 0.15) is 0 Å². The predicted octanol–water partition coefficient (Wildman–Crippen LogP) is 1.30. The first-order valence-electron chi connectivity index (χ1n) is 7.27. The highest BCUT2D eigenvalue weighted by atomic mass is 16.1. The van der Waals surface area contributed by atoms with Crippen molar-refractivity contribution in [2.45, 2.75) is 0 Å². The van der Waals surface area contributed by atoms with Gasteiger partial charge in [-0.05, 0) is 24.3 Å². The lowest BCUT2D eigenvalue weighted by atomic mass is 10.1. The van der Waals surface area contributed by atoms with Crippen LogP contribution in [0.3, 0.4) is 0 Å². The Morgan fingerprint density at radius 2 is 0.917 bits per heavy atom. The van der Waals surface area contributed by atoms with Gasteiger partial charge in [-0.2, -0.15) is 0 Å². The van der Waals surface area contributed by atoms with Crippen molar-refractivity contribution in [2.75, 3.05) is 11.5 Å². The molecular formula is C18H12N4O2. The van der Waals surface area contributed by atoms with E-state index >= 15 is 0 Å². The molecule has 0 bridgehead atoms. The van der Waals surface area contributed by atoms with Gasteiger partial charge in [-0.15, -0.1) is 0 Å². The minimum atomic E-state index is -0.460. The quantitative estimate of drug-likeness (QED) is 0.539. The Labute approximate surface area is 135 Å². The third-order valence-corrected chi connectivity index (χ3v) is 3.95. The van der Waals surface area contributed by atoms with Gasteiger partial charge in [-0.3, -0.25) is 9.59 Å². The Balaban J connectivity index is 2.04. The van der Waals surface area contributed by atoms with E-state index in [1.807, 2.05) is 0 Å². The monoisotopic (exact) mass is 316 g/mol. The summed E-state index contributed by atoms with van der Waals surface area (Å²) in [4.78, 5) is 32.9. The summed E-state index contributed by atoms with van der Waals surface area (Å²) in [5, 5.41) is 0.494. The third-order valence-electron chi connectivity index (χ3n) is 3.95. The first-order valence-corrected chi connectivity index (χ1v) is 7.27. The van der Waals surface area contributed by atoms with Crippen molar-refractivity contribution in [3.8, 4) is 22.5 Å². The molecule has 116 valence electrons. The van der Waals surface area contributed by atoms with Crippen LogP contribution in [0.25, 0.3) is 22.5 Å². The van der Waals surface area contributed by atoms with Gasteiger partial charge in [0.25, 0.3) is 11.1 Å². The molecule has 0 aromatic heterocycles. The highest BCUT2D eigenvalue weighted by molar-refractivity contribution is 5.68. The Morgan fingerprint density at radius 1 is 0.583 bits per heavy atom. The van der Waals surface area contributed by atoms with E-state index in [1.54, 1.807) is 48.5 Å². The van der Waals surface area contributed by atoms with Gasteiger partial charge >= 0.3 is 0 Å². The highest BCUT2D eigenvalue weighted by Crippen LogP contribution is 2.23. The average Bonchev–Trinajstić information content (AvgIpc) is 3.08. The van der Waals surface area contributed by atoms with Crippen molar-refractivity contribution in [1.82, 2.24) is 9.97 Å². The molecule has 6 heteroatoms. The van der Waals surface area contributed by atoms with E-state index in [0.717, 1.165) is 0 Å². The summed E-state index contributed by atoms with van der Waals surface area (Å²) in [7, 11) is 0. The molecule has 6 nitrogen and oxygen atoms in total. The van der Waals surface area contributed by atoms with Crippen LogP contribution in [0, 0.1) is 10.4 Å². The molecular weight excluding hydrogens is 304 g/mol. The van der Waals surface area contributed by atoms with Crippen molar-refractivity contribution in [2.24, 2.45) is 0 Å². The van der Waals surface area contributed by atoms with Crippen LogP contribution in [0.15, 0.2) is 58.1 Å². The Morgan fingerprint density at radius 3 is 1.25 bits per heavy atom. The molecule has 0 radical (unpaired) electrons. The lowest BCUT2D eigenvalue weighted by molar-refractivity contribution is 1.23. The number of hydrogen-bond acceptors (Lipinski definition) is 6. The van der Waals surface area contributed by atoms with Gasteiger partial charge in [0.15, 0.2) is 0 Å². The van der Waals surface area contributed by atoms with Gasteiger partial charge in [-0.25, -0.2) is 9.97 Å². The van der Waals surface area contributed by atoms with Crippen LogP contribution in [-0.2, 0) is 0 Å². The summed E-state index contributed by atoms with van der Waals surface area (Å²) in [6, 6.07) is 13.7. The molecule has 0 saturated carbocycles. The lowest BCUT2D eigenvalue weighted by Gasteiger charge is -1.97. The summed E-state index contributed by atoms with van der Waals surface area (Å²) in [6.07, 6.45) is 0. The number of benzene rings is 2. The van der Waals surface area contributed by atoms with Gasteiger partial charge in [0.05, 0.1) is 21.8 Å². The van der Waals surface area contributed by atoms with Crippen molar-refractivity contribution < 1.29 is 0 Å². The van der Waals surface area contributed by atoms with Crippen LogP contribution in [0.4, 0.5) is 11.4 Å². The summed E-state index contributed by atoms with van der Waals surface area (Å²) >= 11 is 0. The maximum absolute atomic E-state index is 12.4. The maximum Gasteiger partial charge on any atom is 0.280 e. The fraction of sp³-hybridized carbons (Fsp3) is 0. The second-order valence-corrected chi connectivity index (χ2v) is 5.53. The van der Waals surface area contributed by atoms with Gasteiger partial charge in [0.2, 0.25) is 0 Å². The zero-order chi connectivity index (χ0) is 16.8. The van der Waals surface area contributed by atoms with E-state index in [0.29, 0.717) is 33.9 Å². The number of hydrogen-bond donors (Lipinski definition) is 2. The number of nitrogen functional groups attached to an aromatic ring is 2. The summed E-state index contributed by atoms with van der Waals surface area (Å²) < 4.78 is 0. The fourth-order valence-corrected chi connectivity index (χ4v) is 2.78. The maximum atomic E-state index is 12.4. The van der Waals surface area contributed by atoms with E-state index in [4.69, 9.17) is 11.5 Å². The number of aromatic nitrogens is 2. The van der Waals surface area contributed by atoms with Crippen LogP contribution in [0.2, 0.25) is 0 Å². The summed E-state index contributed by atoms with van der Waals surface area (Å²) in [6.45, 7) is 0. The number of anilines is 2. The van der Waals surface area contributed by atoms with Crippen LogP contribution in [-0.4, -0.2) is 9.97 Å². The molecule has 0 spiro atoms. The van der Waals surface area contributed by atoms with E-state index in [9.17, 15) is 9.59 Å². The molecule has 0 unspecified atom stereocenters. The molecule has 0 saturated heterocycles. The largest absolute Gasteiger partial charge is 0.399 e. The predicted molar refractivity (Wildman–Crippen MR) is 91.9 cm³/mol. The SMILES string of the molecule is Nc1ccc(-c2nc(=O)c3c(-c4ccc(N)cc4)nc(=O)c2=3)cc1. The molecule has 4 N–H and O–H groups in total. The highest BCUT2D eigenvalue weighted by Gasteiger charge is 2.19. The minimum absolute atomic E-state index is 0.247. The average molecular weight is 316 g/mol. The topological polar surface area (TPSA) is 112 Å². The number of nitrogens with zero attached hydrogens (tertiary/aromatic N) is 2. The molecule has 2 heterocycles. The molecule has 2 aliphatic rings. The summed E-state index contributed by atoms with van der Waals surface area (Å²) in [5.74, 6) is 0. The van der Waals surface area contributed by atoms with Crippen LogP contribution >= 0.6 is 0 Å². The number of nitrogens with two attached hydrogens (primary N) is 2. The normalized spacial score (nSPS) is 11.2. The lowest BCUT2D eigenvalue weighted by Crippen LogP contribution is -2.04. The summed E-state index contributed by atoms with van der Waals surface area (Å²) in [5.41, 5.74) is 13.6. The van der Waals surface area contributed by atoms with E-state index in [2.05, 4.69) is 9.97 Å². The standard InChI is InChI=1S/C18H12N4O2/c19-11-5-1-9(2-6-11)15-13-14(18(24)21-15)16(22-17(13)23)10-3-7-12(20)8-4-10/h1-8H,19-20H2.